The van der Waals surface area contributed by atoms with Gasteiger partial charge in [0.1, 0.15) is 6.04 Å². The van der Waals surface area contributed by atoms with E-state index in [9.17, 15) is 9.59 Å². The fourth-order valence-electron chi connectivity index (χ4n) is 2.13. The quantitative estimate of drug-likeness (QED) is 0.208. The lowest BCUT2D eigenvalue weighted by Gasteiger charge is -2.17. The highest BCUT2D eigenvalue weighted by Gasteiger charge is 2.18. The highest BCUT2D eigenvalue weighted by Crippen LogP contribution is 2.05. The third kappa shape index (κ3) is 10.9. The van der Waals surface area contributed by atoms with E-state index in [2.05, 4.69) is 22.9 Å². The van der Waals surface area contributed by atoms with Gasteiger partial charge in [0.2, 0.25) is 11.8 Å². The van der Waals surface area contributed by atoms with Crippen molar-refractivity contribution < 1.29 is 9.59 Å². The molecule has 0 fully saturated rings. The molecule has 0 aromatic rings. The average molecular weight is 313 g/mol. The summed E-state index contributed by atoms with van der Waals surface area (Å²) in [5.41, 5.74) is 5.19. The van der Waals surface area contributed by atoms with Crippen molar-refractivity contribution >= 4 is 17.8 Å². The summed E-state index contributed by atoms with van der Waals surface area (Å²) in [5.74, 6) is -0.362. The van der Waals surface area contributed by atoms with Crippen LogP contribution in [0.4, 0.5) is 0 Å². The minimum absolute atomic E-state index is 0.0791. The van der Waals surface area contributed by atoms with Gasteiger partial charge in [0.25, 0.3) is 0 Å². The normalized spacial score (nSPS) is 11.5. The van der Waals surface area contributed by atoms with E-state index in [4.69, 9.17) is 11.1 Å². The van der Waals surface area contributed by atoms with Crippen molar-refractivity contribution in [1.29, 1.82) is 5.41 Å². The van der Waals surface area contributed by atoms with Crippen LogP contribution in [0, 0.1) is 5.41 Å². The van der Waals surface area contributed by atoms with Crippen LogP contribution in [0.1, 0.15) is 58.3 Å². The summed E-state index contributed by atoms with van der Waals surface area (Å²) >= 11 is 0. The van der Waals surface area contributed by atoms with E-state index in [1.807, 2.05) is 0 Å². The molecule has 7 heteroatoms. The van der Waals surface area contributed by atoms with Crippen LogP contribution in [0.3, 0.4) is 0 Å². The molecule has 0 aromatic carbocycles. The van der Waals surface area contributed by atoms with Gasteiger partial charge < -0.3 is 21.7 Å². The summed E-state index contributed by atoms with van der Waals surface area (Å²) in [6.45, 7) is 2.66. The maximum absolute atomic E-state index is 11.9. The molecule has 0 aliphatic rings. The van der Waals surface area contributed by atoms with Gasteiger partial charge in [-0.15, -0.1) is 0 Å². The van der Waals surface area contributed by atoms with Crippen LogP contribution in [-0.2, 0) is 9.59 Å². The highest BCUT2D eigenvalue weighted by atomic mass is 16.2. The summed E-state index contributed by atoms with van der Waals surface area (Å²) in [7, 11) is 1.56. The SMILES string of the molecule is CCCCCCCC(=O)NC(CCCNC(=N)N)C(=O)NC. The first-order valence-corrected chi connectivity index (χ1v) is 8.10. The summed E-state index contributed by atoms with van der Waals surface area (Å²) < 4.78 is 0. The number of unbranched alkanes of at least 4 members (excludes halogenated alkanes) is 4. The minimum atomic E-state index is -0.526. The van der Waals surface area contributed by atoms with Gasteiger partial charge in [-0.2, -0.15) is 0 Å². The van der Waals surface area contributed by atoms with Gasteiger partial charge in [-0.05, 0) is 19.3 Å². The Morgan fingerprint density at radius 2 is 1.82 bits per heavy atom. The summed E-state index contributed by atoms with van der Waals surface area (Å²) in [4.78, 5) is 23.7. The van der Waals surface area contributed by atoms with E-state index in [0.29, 0.717) is 25.8 Å². The Kier molecular flexibility index (Phi) is 11.9. The Morgan fingerprint density at radius 1 is 1.14 bits per heavy atom. The molecule has 0 aliphatic heterocycles. The Balaban J connectivity index is 4.03. The topological polar surface area (TPSA) is 120 Å². The van der Waals surface area contributed by atoms with Crippen molar-refractivity contribution in [3.8, 4) is 0 Å². The standard InChI is InChI=1S/C15H31N5O2/c1-3-4-5-6-7-10-13(21)20-12(14(22)18-2)9-8-11-19-15(16)17/h12H,3-11H2,1-2H3,(H,18,22)(H,20,21)(H4,16,17,19). The average Bonchev–Trinajstić information content (AvgIpc) is 2.49. The lowest BCUT2D eigenvalue weighted by Crippen LogP contribution is -2.46. The molecule has 0 spiro atoms. The van der Waals surface area contributed by atoms with Crippen LogP contribution < -0.4 is 21.7 Å². The Labute approximate surface area is 133 Å². The molecule has 1 unspecified atom stereocenters. The zero-order valence-corrected chi connectivity index (χ0v) is 13.8. The number of hydrogen-bond donors (Lipinski definition) is 5. The fourth-order valence-corrected chi connectivity index (χ4v) is 2.13. The molecule has 22 heavy (non-hydrogen) atoms. The number of rotatable bonds is 12. The molecular formula is C15H31N5O2. The number of carbonyl (C=O) groups excluding carboxylic acids is 2. The molecule has 0 aliphatic carbocycles. The van der Waals surface area contributed by atoms with Crippen LogP contribution >= 0.6 is 0 Å². The fraction of sp³-hybridized carbons (Fsp3) is 0.800. The van der Waals surface area contributed by atoms with Crippen molar-refractivity contribution in [2.45, 2.75) is 64.3 Å². The van der Waals surface area contributed by atoms with E-state index in [1.54, 1.807) is 7.05 Å². The van der Waals surface area contributed by atoms with Crippen molar-refractivity contribution in [2.75, 3.05) is 13.6 Å². The van der Waals surface area contributed by atoms with E-state index < -0.39 is 6.04 Å². The second-order valence-corrected chi connectivity index (χ2v) is 5.38. The zero-order chi connectivity index (χ0) is 16.8. The number of amides is 2. The van der Waals surface area contributed by atoms with E-state index in [1.165, 1.54) is 12.8 Å². The highest BCUT2D eigenvalue weighted by molar-refractivity contribution is 5.87. The Hall–Kier alpha value is -1.79. The Bertz CT molecular complexity index is 347. The van der Waals surface area contributed by atoms with Crippen LogP contribution in [0.2, 0.25) is 0 Å². The predicted molar refractivity (Wildman–Crippen MR) is 88.5 cm³/mol. The van der Waals surface area contributed by atoms with Gasteiger partial charge >= 0.3 is 0 Å². The minimum Gasteiger partial charge on any atom is -0.370 e. The maximum Gasteiger partial charge on any atom is 0.242 e. The Morgan fingerprint density at radius 3 is 2.41 bits per heavy atom. The largest absolute Gasteiger partial charge is 0.370 e. The second-order valence-electron chi connectivity index (χ2n) is 5.38. The third-order valence-electron chi connectivity index (χ3n) is 3.39. The smallest absolute Gasteiger partial charge is 0.242 e. The van der Waals surface area contributed by atoms with E-state index in [-0.39, 0.29) is 17.8 Å². The molecule has 1 atom stereocenters. The molecule has 6 N–H and O–H groups in total. The molecule has 0 saturated carbocycles. The third-order valence-corrected chi connectivity index (χ3v) is 3.39. The van der Waals surface area contributed by atoms with Gasteiger partial charge in [0.05, 0.1) is 0 Å². The molecule has 0 radical (unpaired) electrons. The van der Waals surface area contributed by atoms with Gasteiger partial charge in [-0.25, -0.2) is 0 Å². The first-order valence-electron chi connectivity index (χ1n) is 8.10. The number of carbonyl (C=O) groups is 2. The van der Waals surface area contributed by atoms with Gasteiger partial charge in [-0.3, -0.25) is 15.0 Å². The molecule has 2 amide bonds. The molecule has 7 nitrogen and oxygen atoms in total. The van der Waals surface area contributed by atoms with E-state index >= 15 is 0 Å². The molecule has 0 heterocycles. The predicted octanol–water partition coefficient (Wildman–Crippen LogP) is 0.841. The van der Waals surface area contributed by atoms with Gasteiger partial charge in [0.15, 0.2) is 5.96 Å². The zero-order valence-electron chi connectivity index (χ0n) is 13.8. The molecule has 0 bridgehead atoms. The number of nitrogens with one attached hydrogen (secondary N) is 4. The van der Waals surface area contributed by atoms with Gasteiger partial charge in [0, 0.05) is 20.0 Å². The number of likely N-dealkylation sites (N-methyl/N-ethyl adjacent to an activating group) is 1. The molecule has 0 saturated heterocycles. The van der Waals surface area contributed by atoms with E-state index in [0.717, 1.165) is 19.3 Å². The van der Waals surface area contributed by atoms with Crippen molar-refractivity contribution in [2.24, 2.45) is 5.73 Å². The van der Waals surface area contributed by atoms with Crippen LogP contribution in [0.25, 0.3) is 0 Å². The van der Waals surface area contributed by atoms with Crippen LogP contribution in [0.5, 0.6) is 0 Å². The monoisotopic (exact) mass is 313 g/mol. The number of nitrogens with two attached hydrogens (primary N) is 1. The first-order chi connectivity index (χ1) is 10.5. The molecular weight excluding hydrogens is 282 g/mol. The van der Waals surface area contributed by atoms with Crippen LogP contribution in [0.15, 0.2) is 0 Å². The molecule has 0 aromatic heterocycles. The van der Waals surface area contributed by atoms with Crippen molar-refractivity contribution in [1.82, 2.24) is 16.0 Å². The summed E-state index contributed by atoms with van der Waals surface area (Å²) in [5, 5.41) is 15.1. The summed E-state index contributed by atoms with van der Waals surface area (Å²) in [6.07, 6.45) is 7.07. The van der Waals surface area contributed by atoms with Crippen molar-refractivity contribution in [3.05, 3.63) is 0 Å². The van der Waals surface area contributed by atoms with Gasteiger partial charge in [-0.1, -0.05) is 32.6 Å². The molecule has 128 valence electrons. The molecule has 0 rings (SSSR count). The number of guanidine groups is 1. The van der Waals surface area contributed by atoms with Crippen LogP contribution in [-0.4, -0.2) is 37.4 Å². The van der Waals surface area contributed by atoms with Crippen molar-refractivity contribution in [3.63, 3.8) is 0 Å². The lowest BCUT2D eigenvalue weighted by atomic mass is 10.1. The maximum atomic E-state index is 11.9. The number of hydrogen-bond acceptors (Lipinski definition) is 3. The summed E-state index contributed by atoms with van der Waals surface area (Å²) in [6, 6.07) is -0.526. The second kappa shape index (κ2) is 12.9. The lowest BCUT2D eigenvalue weighted by molar-refractivity contribution is -0.129. The first kappa shape index (κ1) is 20.2.